The van der Waals surface area contributed by atoms with Crippen LogP contribution in [0.4, 0.5) is 0 Å². The zero-order valence-electron chi connectivity index (χ0n) is 7.74. The maximum Gasteiger partial charge on any atom is 0.347 e. The van der Waals surface area contributed by atoms with Gasteiger partial charge in [0.25, 0.3) is 0 Å². The summed E-state index contributed by atoms with van der Waals surface area (Å²) in [4.78, 5) is 15.2. The van der Waals surface area contributed by atoms with Crippen LogP contribution in [0.2, 0.25) is 0 Å². The highest BCUT2D eigenvalue weighted by Gasteiger charge is 2.01. The Hall–Kier alpha value is -1.12. The standard InChI is InChI=1S/C9H14N2O/c1-4-11-6-5-8(7(2)3)10-9(11)12/h5-7H,4H2,1-3H3. The van der Waals surface area contributed by atoms with E-state index in [1.807, 2.05) is 26.8 Å². The van der Waals surface area contributed by atoms with Crippen LogP contribution < -0.4 is 5.69 Å². The van der Waals surface area contributed by atoms with Crippen molar-refractivity contribution in [1.29, 1.82) is 0 Å². The number of aromatic nitrogens is 2. The molecular weight excluding hydrogens is 152 g/mol. The topological polar surface area (TPSA) is 34.9 Å². The Balaban J connectivity index is 3.11. The third kappa shape index (κ3) is 1.72. The Morgan fingerprint density at radius 1 is 1.58 bits per heavy atom. The van der Waals surface area contributed by atoms with Gasteiger partial charge in [0.05, 0.1) is 5.69 Å². The fourth-order valence-electron chi connectivity index (χ4n) is 1.00. The second-order valence-electron chi connectivity index (χ2n) is 3.08. The first kappa shape index (κ1) is 8.97. The van der Waals surface area contributed by atoms with Crippen molar-refractivity contribution in [1.82, 2.24) is 9.55 Å². The minimum Gasteiger partial charge on any atom is -0.299 e. The molecule has 0 fully saturated rings. The molecule has 3 nitrogen and oxygen atoms in total. The molecule has 1 rings (SSSR count). The number of aryl methyl sites for hydroxylation is 1. The lowest BCUT2D eigenvalue weighted by molar-refractivity contribution is 0.675. The largest absolute Gasteiger partial charge is 0.347 e. The van der Waals surface area contributed by atoms with Crippen molar-refractivity contribution in [3.8, 4) is 0 Å². The van der Waals surface area contributed by atoms with E-state index >= 15 is 0 Å². The van der Waals surface area contributed by atoms with Crippen molar-refractivity contribution in [2.75, 3.05) is 0 Å². The van der Waals surface area contributed by atoms with Crippen LogP contribution in [-0.4, -0.2) is 9.55 Å². The molecule has 0 radical (unpaired) electrons. The van der Waals surface area contributed by atoms with Crippen molar-refractivity contribution < 1.29 is 0 Å². The highest BCUT2D eigenvalue weighted by atomic mass is 16.1. The van der Waals surface area contributed by atoms with Gasteiger partial charge >= 0.3 is 5.69 Å². The van der Waals surface area contributed by atoms with Gasteiger partial charge in [-0.05, 0) is 18.9 Å². The van der Waals surface area contributed by atoms with Gasteiger partial charge in [-0.15, -0.1) is 0 Å². The van der Waals surface area contributed by atoms with Crippen LogP contribution in [-0.2, 0) is 6.54 Å². The normalized spacial score (nSPS) is 10.7. The van der Waals surface area contributed by atoms with Gasteiger partial charge in [-0.1, -0.05) is 13.8 Å². The van der Waals surface area contributed by atoms with Crippen molar-refractivity contribution in [3.05, 3.63) is 28.4 Å². The molecule has 0 aliphatic carbocycles. The summed E-state index contributed by atoms with van der Waals surface area (Å²) in [6, 6.07) is 1.90. The summed E-state index contributed by atoms with van der Waals surface area (Å²) >= 11 is 0. The fraction of sp³-hybridized carbons (Fsp3) is 0.556. The molecule has 0 saturated carbocycles. The Bertz CT molecular complexity index is 315. The Kier molecular flexibility index (Phi) is 2.63. The Morgan fingerprint density at radius 3 is 2.67 bits per heavy atom. The number of hydrogen-bond donors (Lipinski definition) is 0. The lowest BCUT2D eigenvalue weighted by Crippen LogP contribution is -2.22. The molecule has 1 aromatic rings. The smallest absolute Gasteiger partial charge is 0.299 e. The van der Waals surface area contributed by atoms with Crippen molar-refractivity contribution >= 4 is 0 Å². The molecule has 1 heterocycles. The molecule has 0 N–H and O–H groups in total. The quantitative estimate of drug-likeness (QED) is 0.665. The molecule has 0 amide bonds. The zero-order valence-corrected chi connectivity index (χ0v) is 7.74. The van der Waals surface area contributed by atoms with Gasteiger partial charge in [0, 0.05) is 12.7 Å². The molecule has 0 spiro atoms. The molecule has 1 aromatic heterocycles. The second-order valence-corrected chi connectivity index (χ2v) is 3.08. The highest BCUT2D eigenvalue weighted by molar-refractivity contribution is 5.03. The van der Waals surface area contributed by atoms with E-state index < -0.39 is 0 Å². The SMILES string of the molecule is CCn1ccc(C(C)C)nc1=O. The van der Waals surface area contributed by atoms with Crippen LogP contribution in [0.15, 0.2) is 17.1 Å². The highest BCUT2D eigenvalue weighted by Crippen LogP contribution is 2.07. The maximum atomic E-state index is 11.2. The fourth-order valence-corrected chi connectivity index (χ4v) is 1.00. The Morgan fingerprint density at radius 2 is 2.25 bits per heavy atom. The predicted molar refractivity (Wildman–Crippen MR) is 48.3 cm³/mol. The number of hydrogen-bond acceptors (Lipinski definition) is 2. The first-order valence-corrected chi connectivity index (χ1v) is 4.22. The second kappa shape index (κ2) is 3.52. The zero-order chi connectivity index (χ0) is 9.14. The minimum atomic E-state index is -0.149. The summed E-state index contributed by atoms with van der Waals surface area (Å²) in [6.07, 6.45) is 1.80. The van der Waals surface area contributed by atoms with E-state index in [-0.39, 0.29) is 5.69 Å². The van der Waals surface area contributed by atoms with Crippen molar-refractivity contribution in [2.24, 2.45) is 0 Å². The third-order valence-electron chi connectivity index (χ3n) is 1.83. The van der Waals surface area contributed by atoms with Gasteiger partial charge in [-0.3, -0.25) is 4.57 Å². The first-order valence-electron chi connectivity index (χ1n) is 4.22. The molecule has 0 aliphatic heterocycles. The van der Waals surface area contributed by atoms with E-state index in [0.29, 0.717) is 12.5 Å². The van der Waals surface area contributed by atoms with Crippen LogP contribution in [0, 0.1) is 0 Å². The monoisotopic (exact) mass is 166 g/mol. The van der Waals surface area contributed by atoms with E-state index in [4.69, 9.17) is 0 Å². The molecule has 0 aromatic carbocycles. The Labute approximate surface area is 72.1 Å². The van der Waals surface area contributed by atoms with E-state index in [1.165, 1.54) is 0 Å². The van der Waals surface area contributed by atoms with Crippen LogP contribution in [0.3, 0.4) is 0 Å². The maximum absolute atomic E-state index is 11.2. The molecule has 12 heavy (non-hydrogen) atoms. The van der Waals surface area contributed by atoms with Crippen LogP contribution >= 0.6 is 0 Å². The van der Waals surface area contributed by atoms with Gasteiger partial charge in [-0.25, -0.2) is 4.79 Å². The van der Waals surface area contributed by atoms with E-state index in [1.54, 1.807) is 10.8 Å². The summed E-state index contributed by atoms with van der Waals surface area (Å²) < 4.78 is 1.59. The number of rotatable bonds is 2. The average molecular weight is 166 g/mol. The lowest BCUT2D eigenvalue weighted by Gasteiger charge is -2.04. The van der Waals surface area contributed by atoms with Gasteiger partial charge in [-0.2, -0.15) is 4.98 Å². The number of nitrogens with zero attached hydrogens (tertiary/aromatic N) is 2. The first-order chi connectivity index (χ1) is 5.65. The summed E-state index contributed by atoms with van der Waals surface area (Å²) in [7, 11) is 0. The average Bonchev–Trinajstić information content (AvgIpc) is 2.04. The van der Waals surface area contributed by atoms with E-state index in [9.17, 15) is 4.79 Å². The van der Waals surface area contributed by atoms with Gasteiger partial charge in [0.15, 0.2) is 0 Å². The summed E-state index contributed by atoms with van der Waals surface area (Å²) in [5.41, 5.74) is 0.716. The van der Waals surface area contributed by atoms with Crippen LogP contribution in [0.25, 0.3) is 0 Å². The van der Waals surface area contributed by atoms with Gasteiger partial charge in [0.2, 0.25) is 0 Å². The van der Waals surface area contributed by atoms with E-state index in [0.717, 1.165) is 5.69 Å². The molecule has 0 aliphatic rings. The summed E-state index contributed by atoms with van der Waals surface area (Å²) in [5, 5.41) is 0. The van der Waals surface area contributed by atoms with Crippen molar-refractivity contribution in [3.63, 3.8) is 0 Å². The molecule has 0 unspecified atom stereocenters. The summed E-state index contributed by atoms with van der Waals surface area (Å²) in [5.74, 6) is 0.323. The van der Waals surface area contributed by atoms with E-state index in [2.05, 4.69) is 4.98 Å². The molecule has 0 atom stereocenters. The lowest BCUT2D eigenvalue weighted by atomic mass is 10.1. The molecule has 0 bridgehead atoms. The van der Waals surface area contributed by atoms with Crippen LogP contribution in [0.1, 0.15) is 32.4 Å². The molecule has 3 heteroatoms. The van der Waals surface area contributed by atoms with Crippen LogP contribution in [0.5, 0.6) is 0 Å². The molecule has 66 valence electrons. The van der Waals surface area contributed by atoms with Gasteiger partial charge < -0.3 is 0 Å². The summed E-state index contributed by atoms with van der Waals surface area (Å²) in [6.45, 7) is 6.67. The van der Waals surface area contributed by atoms with Crippen molar-refractivity contribution in [2.45, 2.75) is 33.2 Å². The predicted octanol–water partition coefficient (Wildman–Crippen LogP) is 1.39. The molecular formula is C9H14N2O. The molecule has 0 saturated heterocycles. The van der Waals surface area contributed by atoms with Gasteiger partial charge in [0.1, 0.15) is 0 Å². The third-order valence-corrected chi connectivity index (χ3v) is 1.83. The minimum absolute atomic E-state index is 0.149.